The van der Waals surface area contributed by atoms with Gasteiger partial charge in [-0.3, -0.25) is 15.1 Å². The predicted molar refractivity (Wildman–Crippen MR) is 92.1 cm³/mol. The van der Waals surface area contributed by atoms with Gasteiger partial charge in [-0.1, -0.05) is 6.07 Å². The van der Waals surface area contributed by atoms with E-state index in [-0.39, 0.29) is 5.91 Å². The molecule has 0 fully saturated rings. The molecule has 0 bridgehead atoms. The largest absolute Gasteiger partial charge is 0.465 e. The Kier molecular flexibility index (Phi) is 4.42. The molecule has 0 aliphatic heterocycles. The van der Waals surface area contributed by atoms with Gasteiger partial charge in [0.05, 0.1) is 35.7 Å². The Morgan fingerprint density at radius 2 is 1.92 bits per heavy atom. The van der Waals surface area contributed by atoms with Crippen LogP contribution in [0.5, 0.6) is 0 Å². The van der Waals surface area contributed by atoms with Gasteiger partial charge in [0.1, 0.15) is 0 Å². The van der Waals surface area contributed by atoms with E-state index in [9.17, 15) is 9.59 Å². The Balaban J connectivity index is 1.78. The first-order valence-corrected chi connectivity index (χ1v) is 7.40. The molecule has 3 N–H and O–H groups in total. The highest BCUT2D eigenvalue weighted by molar-refractivity contribution is 6.04. The van der Waals surface area contributed by atoms with Crippen LogP contribution >= 0.6 is 0 Å². The first-order valence-electron chi connectivity index (χ1n) is 7.40. The molecule has 0 spiro atoms. The van der Waals surface area contributed by atoms with E-state index < -0.39 is 6.09 Å². The highest BCUT2D eigenvalue weighted by Crippen LogP contribution is 2.15. The Hall–Kier alpha value is -3.68. The Morgan fingerprint density at radius 1 is 1.08 bits per heavy atom. The quantitative estimate of drug-likeness (QED) is 0.678. The third-order valence-corrected chi connectivity index (χ3v) is 3.38. The second kappa shape index (κ2) is 6.83. The number of rotatable bonds is 4. The molecule has 1 aromatic carbocycles. The standard InChI is InChI=1S/C17H15N5O3/c1-11-5-6-13(8-18-11)20-16(23)12-3-2-4-15(7-12)22-10-14(9-19-22)21-17(24)25/h2-10,21H,1H3,(H,20,23)(H,24,25). The van der Waals surface area contributed by atoms with Crippen LogP contribution in [0.2, 0.25) is 0 Å². The summed E-state index contributed by atoms with van der Waals surface area (Å²) in [5.41, 5.74) is 2.89. The molecule has 126 valence electrons. The van der Waals surface area contributed by atoms with Crippen molar-refractivity contribution in [1.29, 1.82) is 0 Å². The summed E-state index contributed by atoms with van der Waals surface area (Å²) in [5.74, 6) is -0.274. The maximum absolute atomic E-state index is 12.4. The van der Waals surface area contributed by atoms with Crippen molar-refractivity contribution < 1.29 is 14.7 Å². The van der Waals surface area contributed by atoms with Crippen LogP contribution in [0, 0.1) is 6.92 Å². The molecule has 0 saturated carbocycles. The van der Waals surface area contributed by atoms with Crippen LogP contribution in [0.4, 0.5) is 16.2 Å². The lowest BCUT2D eigenvalue weighted by Crippen LogP contribution is -2.12. The van der Waals surface area contributed by atoms with Crippen LogP contribution < -0.4 is 10.6 Å². The zero-order chi connectivity index (χ0) is 17.8. The van der Waals surface area contributed by atoms with Gasteiger partial charge in [-0.15, -0.1) is 0 Å². The first kappa shape index (κ1) is 16.2. The molecule has 0 radical (unpaired) electrons. The number of amides is 2. The summed E-state index contributed by atoms with van der Waals surface area (Å²) in [6.45, 7) is 1.87. The number of anilines is 2. The van der Waals surface area contributed by atoms with Gasteiger partial charge in [-0.25, -0.2) is 9.48 Å². The number of hydrogen-bond acceptors (Lipinski definition) is 4. The number of aromatic nitrogens is 3. The molecule has 8 nitrogen and oxygen atoms in total. The van der Waals surface area contributed by atoms with Crippen molar-refractivity contribution in [2.24, 2.45) is 0 Å². The van der Waals surface area contributed by atoms with E-state index in [0.717, 1.165) is 5.69 Å². The number of carboxylic acid groups (broad SMARTS) is 1. The fourth-order valence-electron chi connectivity index (χ4n) is 2.19. The number of nitrogens with zero attached hydrogens (tertiary/aromatic N) is 3. The number of pyridine rings is 1. The molecular weight excluding hydrogens is 322 g/mol. The zero-order valence-corrected chi connectivity index (χ0v) is 13.3. The number of aryl methyl sites for hydroxylation is 1. The van der Waals surface area contributed by atoms with Crippen molar-refractivity contribution in [2.45, 2.75) is 6.92 Å². The topological polar surface area (TPSA) is 109 Å². The molecule has 25 heavy (non-hydrogen) atoms. The molecule has 0 saturated heterocycles. The number of carbonyl (C=O) groups is 2. The minimum absolute atomic E-state index is 0.274. The number of carbonyl (C=O) groups excluding carboxylic acids is 1. The molecular formula is C17H15N5O3. The monoisotopic (exact) mass is 337 g/mol. The summed E-state index contributed by atoms with van der Waals surface area (Å²) in [6.07, 6.45) is 3.34. The normalized spacial score (nSPS) is 10.3. The van der Waals surface area contributed by atoms with Gasteiger partial charge < -0.3 is 10.4 Å². The van der Waals surface area contributed by atoms with Crippen LogP contribution in [0.3, 0.4) is 0 Å². The third-order valence-electron chi connectivity index (χ3n) is 3.38. The summed E-state index contributed by atoms with van der Waals surface area (Å²) in [6, 6.07) is 10.4. The van der Waals surface area contributed by atoms with Gasteiger partial charge in [-0.05, 0) is 37.3 Å². The molecule has 2 aromatic heterocycles. The molecule has 3 rings (SSSR count). The average Bonchev–Trinajstić information content (AvgIpc) is 3.05. The minimum Gasteiger partial charge on any atom is -0.465 e. The highest BCUT2D eigenvalue weighted by Gasteiger charge is 2.09. The summed E-state index contributed by atoms with van der Waals surface area (Å²) in [7, 11) is 0. The van der Waals surface area contributed by atoms with E-state index in [1.807, 2.05) is 13.0 Å². The van der Waals surface area contributed by atoms with E-state index in [1.54, 1.807) is 36.5 Å². The lowest BCUT2D eigenvalue weighted by Gasteiger charge is -2.07. The van der Waals surface area contributed by atoms with Crippen molar-refractivity contribution in [2.75, 3.05) is 10.6 Å². The Bertz CT molecular complexity index is 918. The molecule has 2 heterocycles. The van der Waals surface area contributed by atoms with Gasteiger partial charge in [0.15, 0.2) is 0 Å². The third kappa shape index (κ3) is 3.99. The summed E-state index contributed by atoms with van der Waals surface area (Å²) in [5, 5.41) is 17.8. The number of hydrogen-bond donors (Lipinski definition) is 3. The summed E-state index contributed by atoms with van der Waals surface area (Å²) >= 11 is 0. The van der Waals surface area contributed by atoms with E-state index >= 15 is 0 Å². The molecule has 3 aromatic rings. The van der Waals surface area contributed by atoms with Crippen molar-refractivity contribution in [3.8, 4) is 5.69 Å². The van der Waals surface area contributed by atoms with Crippen LogP contribution in [0.25, 0.3) is 5.69 Å². The van der Waals surface area contributed by atoms with Crippen molar-refractivity contribution in [3.63, 3.8) is 0 Å². The van der Waals surface area contributed by atoms with Crippen molar-refractivity contribution in [1.82, 2.24) is 14.8 Å². The Morgan fingerprint density at radius 3 is 2.64 bits per heavy atom. The predicted octanol–water partition coefficient (Wildman–Crippen LogP) is 2.92. The molecule has 0 atom stereocenters. The highest BCUT2D eigenvalue weighted by atomic mass is 16.4. The second-order valence-electron chi connectivity index (χ2n) is 5.30. The molecule has 0 aliphatic rings. The minimum atomic E-state index is -1.17. The second-order valence-corrected chi connectivity index (χ2v) is 5.30. The van der Waals surface area contributed by atoms with Crippen LogP contribution in [0.1, 0.15) is 16.1 Å². The van der Waals surface area contributed by atoms with Gasteiger partial charge in [0.2, 0.25) is 0 Å². The molecule has 2 amide bonds. The molecule has 0 unspecified atom stereocenters. The van der Waals surface area contributed by atoms with Gasteiger partial charge >= 0.3 is 6.09 Å². The van der Waals surface area contributed by atoms with Gasteiger partial charge in [0.25, 0.3) is 5.91 Å². The molecule has 8 heteroatoms. The maximum atomic E-state index is 12.4. The lowest BCUT2D eigenvalue weighted by molar-refractivity contribution is 0.102. The fourth-order valence-corrected chi connectivity index (χ4v) is 2.19. The van der Waals surface area contributed by atoms with E-state index in [4.69, 9.17) is 5.11 Å². The van der Waals surface area contributed by atoms with Crippen molar-refractivity contribution in [3.05, 3.63) is 66.2 Å². The average molecular weight is 337 g/mol. The SMILES string of the molecule is Cc1ccc(NC(=O)c2cccc(-n3cc(NC(=O)O)cn3)c2)cn1. The van der Waals surface area contributed by atoms with Gasteiger partial charge in [0, 0.05) is 11.3 Å². The van der Waals surface area contributed by atoms with Crippen molar-refractivity contribution >= 4 is 23.4 Å². The zero-order valence-electron chi connectivity index (χ0n) is 13.3. The number of nitrogens with one attached hydrogen (secondary N) is 2. The maximum Gasteiger partial charge on any atom is 0.409 e. The lowest BCUT2D eigenvalue weighted by atomic mass is 10.2. The number of benzene rings is 1. The first-order chi connectivity index (χ1) is 12.0. The van der Waals surface area contributed by atoms with Crippen LogP contribution in [0.15, 0.2) is 55.0 Å². The van der Waals surface area contributed by atoms with Crippen LogP contribution in [-0.2, 0) is 0 Å². The smallest absolute Gasteiger partial charge is 0.409 e. The van der Waals surface area contributed by atoms with E-state index in [0.29, 0.717) is 22.6 Å². The summed E-state index contributed by atoms with van der Waals surface area (Å²) in [4.78, 5) is 27.2. The van der Waals surface area contributed by atoms with E-state index in [1.165, 1.54) is 17.1 Å². The van der Waals surface area contributed by atoms with Gasteiger partial charge in [-0.2, -0.15) is 5.10 Å². The fraction of sp³-hybridized carbons (Fsp3) is 0.0588. The molecule has 0 aliphatic carbocycles. The van der Waals surface area contributed by atoms with E-state index in [2.05, 4.69) is 20.7 Å². The summed E-state index contributed by atoms with van der Waals surface area (Å²) < 4.78 is 1.48. The van der Waals surface area contributed by atoms with Crippen LogP contribution in [-0.4, -0.2) is 31.9 Å². The Labute approximate surface area is 143 Å².